The number of hydrogen-bond acceptors (Lipinski definition) is 8. The van der Waals surface area contributed by atoms with Crippen LogP contribution in [0.2, 0.25) is 22.2 Å². The highest BCUT2D eigenvalue weighted by Gasteiger charge is 2.55. The van der Waals surface area contributed by atoms with Crippen LogP contribution in [0.25, 0.3) is 0 Å². The molecule has 2 rings (SSSR count). The maximum absolute atomic E-state index is 12.6. The van der Waals surface area contributed by atoms with Crippen molar-refractivity contribution >= 4 is 28.8 Å². The van der Waals surface area contributed by atoms with E-state index in [4.69, 9.17) is 13.3 Å². The third-order valence-electron chi connectivity index (χ3n) is 6.85. The molecule has 202 valence electrons. The average Bonchev–Trinajstić information content (AvgIpc) is 3.18. The highest BCUT2D eigenvalue weighted by molar-refractivity contribution is 6.83. The molecule has 0 bridgehead atoms. The number of aromatic nitrogens is 2. The van der Waals surface area contributed by atoms with Gasteiger partial charge in [-0.1, -0.05) is 55.4 Å². The molecule has 0 radical (unpaired) electrons. The van der Waals surface area contributed by atoms with Crippen molar-refractivity contribution in [2.24, 2.45) is 5.92 Å². The van der Waals surface area contributed by atoms with E-state index in [-0.39, 0.29) is 40.5 Å². The van der Waals surface area contributed by atoms with Gasteiger partial charge in [0.25, 0.3) is 0 Å². The van der Waals surface area contributed by atoms with Gasteiger partial charge in [0, 0.05) is 13.1 Å². The summed E-state index contributed by atoms with van der Waals surface area (Å²) < 4.78 is 20.8. The predicted molar refractivity (Wildman–Crippen MR) is 142 cm³/mol. The van der Waals surface area contributed by atoms with Crippen molar-refractivity contribution < 1.29 is 22.9 Å². The van der Waals surface area contributed by atoms with Gasteiger partial charge in [0.2, 0.25) is 5.91 Å². The number of ether oxygens (including phenoxy) is 1. The molecule has 1 aliphatic heterocycles. The van der Waals surface area contributed by atoms with Crippen molar-refractivity contribution in [1.82, 2.24) is 9.55 Å². The first-order chi connectivity index (χ1) is 16.7. The molecule has 0 saturated carbocycles. The highest BCUT2D eigenvalue weighted by Crippen LogP contribution is 2.43. The van der Waals surface area contributed by atoms with Crippen LogP contribution in [-0.2, 0) is 18.1 Å². The van der Waals surface area contributed by atoms with Crippen molar-refractivity contribution in [3.05, 3.63) is 22.7 Å². The minimum absolute atomic E-state index is 0.000365. The molecule has 1 fully saturated rings. The zero-order chi connectivity index (χ0) is 27.4. The Morgan fingerprint density at radius 3 is 2.25 bits per heavy atom. The van der Waals surface area contributed by atoms with E-state index in [1.165, 1.54) is 23.8 Å². The SMILES string of the molecule is CC(=O)Nc1ccn([C@@H]2O[C@H](CO[Si](O[Si](O)(C(C)C)C(C)C)(C(C)C)C(C)C)C[C@@H]2C#N)c(=O)n1. The fourth-order valence-corrected chi connectivity index (χ4v) is 14.6. The van der Waals surface area contributed by atoms with Crippen molar-refractivity contribution in [1.29, 1.82) is 5.26 Å². The molecule has 2 N–H and O–H groups in total. The van der Waals surface area contributed by atoms with Gasteiger partial charge < -0.3 is 23.4 Å². The summed E-state index contributed by atoms with van der Waals surface area (Å²) in [4.78, 5) is 39.3. The van der Waals surface area contributed by atoms with E-state index in [1.807, 2.05) is 27.7 Å². The second-order valence-electron chi connectivity index (χ2n) is 10.8. The molecule has 36 heavy (non-hydrogen) atoms. The largest absolute Gasteiger partial charge is 0.414 e. The molecule has 1 amide bonds. The molecule has 0 unspecified atom stereocenters. The third-order valence-corrected chi connectivity index (χ3v) is 16.6. The minimum Gasteiger partial charge on any atom is -0.414 e. The normalized spacial score (nSPS) is 21.0. The zero-order valence-corrected chi connectivity index (χ0v) is 24.9. The number of carbonyl (C=O) groups is 1. The van der Waals surface area contributed by atoms with Crippen LogP contribution in [0, 0.1) is 17.2 Å². The fraction of sp³-hybridized carbons (Fsp3) is 0.750. The molecule has 1 aromatic rings. The van der Waals surface area contributed by atoms with Crippen molar-refractivity contribution in [2.75, 3.05) is 11.9 Å². The summed E-state index contributed by atoms with van der Waals surface area (Å²) in [6, 6.07) is 3.73. The minimum atomic E-state index is -3.09. The fourth-order valence-electron chi connectivity index (χ4n) is 4.73. The van der Waals surface area contributed by atoms with E-state index in [0.717, 1.165) is 0 Å². The van der Waals surface area contributed by atoms with Crippen LogP contribution < -0.4 is 11.0 Å². The van der Waals surface area contributed by atoms with E-state index in [2.05, 4.69) is 44.1 Å². The maximum Gasteiger partial charge on any atom is 0.351 e. The number of nitrogens with zero attached hydrogens (tertiary/aromatic N) is 3. The summed E-state index contributed by atoms with van der Waals surface area (Å²) in [6.07, 6.45) is 0.614. The quantitative estimate of drug-likeness (QED) is 0.401. The van der Waals surface area contributed by atoms with Crippen LogP contribution in [0.5, 0.6) is 0 Å². The topological polar surface area (TPSA) is 136 Å². The predicted octanol–water partition coefficient (Wildman–Crippen LogP) is 4.18. The van der Waals surface area contributed by atoms with E-state index >= 15 is 0 Å². The maximum atomic E-state index is 12.6. The van der Waals surface area contributed by atoms with Gasteiger partial charge in [0.1, 0.15) is 5.82 Å². The first-order valence-corrected chi connectivity index (χ1v) is 16.6. The Morgan fingerprint density at radius 1 is 1.22 bits per heavy atom. The molecule has 0 aliphatic carbocycles. The van der Waals surface area contributed by atoms with E-state index in [1.54, 1.807) is 0 Å². The molecular weight excluding hydrogens is 496 g/mol. The van der Waals surface area contributed by atoms with Gasteiger partial charge in [0.15, 0.2) is 6.23 Å². The Labute approximate surface area is 216 Å². The van der Waals surface area contributed by atoms with Gasteiger partial charge in [-0.25, -0.2) is 4.79 Å². The summed E-state index contributed by atoms with van der Waals surface area (Å²) in [5.41, 5.74) is -0.465. The van der Waals surface area contributed by atoms with E-state index in [9.17, 15) is 19.6 Å². The molecule has 2 heterocycles. The van der Waals surface area contributed by atoms with Crippen molar-refractivity contribution in [2.45, 2.75) is 103 Å². The van der Waals surface area contributed by atoms with Crippen molar-refractivity contribution in [3.8, 4) is 6.07 Å². The van der Waals surface area contributed by atoms with E-state index in [0.29, 0.717) is 6.42 Å². The molecule has 1 saturated heterocycles. The van der Waals surface area contributed by atoms with Crippen molar-refractivity contribution in [3.63, 3.8) is 0 Å². The Bertz CT molecular complexity index is 991. The number of hydrogen-bond donors (Lipinski definition) is 2. The zero-order valence-electron chi connectivity index (χ0n) is 22.9. The molecule has 0 spiro atoms. The number of anilines is 1. The van der Waals surface area contributed by atoms with Crippen LogP contribution in [0.3, 0.4) is 0 Å². The van der Waals surface area contributed by atoms with Gasteiger partial charge in [-0.05, 0) is 34.7 Å². The second kappa shape index (κ2) is 12.1. The summed E-state index contributed by atoms with van der Waals surface area (Å²) in [6.45, 7) is 17.8. The number of amides is 1. The average molecular weight is 539 g/mol. The Balaban J connectivity index is 2.27. The third kappa shape index (κ3) is 6.51. The molecule has 3 atom stereocenters. The number of nitriles is 1. The molecule has 0 aromatic carbocycles. The lowest BCUT2D eigenvalue weighted by Crippen LogP contribution is -2.60. The van der Waals surface area contributed by atoms with Gasteiger partial charge >= 0.3 is 22.8 Å². The van der Waals surface area contributed by atoms with Crippen LogP contribution in [-0.4, -0.2) is 50.1 Å². The molecule has 1 aliphatic rings. The molecule has 1 aromatic heterocycles. The van der Waals surface area contributed by atoms with Crippen LogP contribution in [0.4, 0.5) is 5.82 Å². The summed E-state index contributed by atoms with van der Waals surface area (Å²) in [5.74, 6) is -0.764. The first-order valence-electron chi connectivity index (χ1n) is 12.7. The van der Waals surface area contributed by atoms with Gasteiger partial charge in [-0.3, -0.25) is 9.36 Å². The lowest BCUT2D eigenvalue weighted by atomic mass is 10.1. The smallest absolute Gasteiger partial charge is 0.351 e. The van der Waals surface area contributed by atoms with E-state index < -0.39 is 41.1 Å². The summed E-state index contributed by atoms with van der Waals surface area (Å²) >= 11 is 0. The van der Waals surface area contributed by atoms with Crippen LogP contribution in [0.1, 0.15) is 75.0 Å². The van der Waals surface area contributed by atoms with Gasteiger partial charge in [0.05, 0.1) is 24.7 Å². The lowest BCUT2D eigenvalue weighted by Gasteiger charge is -2.46. The number of rotatable bonds is 11. The van der Waals surface area contributed by atoms with Crippen LogP contribution >= 0.6 is 0 Å². The second-order valence-corrected chi connectivity index (χ2v) is 19.5. The van der Waals surface area contributed by atoms with Gasteiger partial charge in [-0.15, -0.1) is 0 Å². The highest BCUT2D eigenvalue weighted by atomic mass is 28.5. The lowest BCUT2D eigenvalue weighted by molar-refractivity contribution is -0.114. The molecule has 10 nitrogen and oxygen atoms in total. The summed E-state index contributed by atoms with van der Waals surface area (Å²) in [7, 11) is -6.01. The monoisotopic (exact) mass is 538 g/mol. The van der Waals surface area contributed by atoms with Crippen LogP contribution in [0.15, 0.2) is 17.1 Å². The summed E-state index contributed by atoms with van der Waals surface area (Å²) in [5, 5.41) is 12.2. The van der Waals surface area contributed by atoms with Gasteiger partial charge in [-0.2, -0.15) is 10.2 Å². The molecule has 12 heteroatoms. The number of nitrogens with one attached hydrogen (secondary N) is 1. The standard InChI is InChI=1S/C24H42N4O6Si2/c1-15(2)35(31,16(3)4)34-36(17(5)6,18(7)8)32-14-21-12-20(13-25)23(33-21)28-11-10-22(26-19(9)29)27-24(28)30/h10-11,15-18,20-21,23,31H,12,14H2,1-9H3,(H,26,27,29,30)/t20-,21+,23-/m1/s1. The Hall–Kier alpha value is -1.89. The number of carbonyl (C=O) groups excluding carboxylic acids is 1. The Morgan fingerprint density at radius 2 is 1.81 bits per heavy atom. The molecular formula is C24H42N4O6Si2. The first kappa shape index (κ1) is 30.3. The Kier molecular flexibility index (Phi) is 10.2.